The highest BCUT2D eigenvalue weighted by Gasteiger charge is 2.39. The topological polar surface area (TPSA) is 95.3 Å². The second kappa shape index (κ2) is 12.4. The number of rotatable bonds is 12. The van der Waals surface area contributed by atoms with Gasteiger partial charge in [-0.05, 0) is 54.0 Å². The Morgan fingerprint density at radius 1 is 1.08 bits per heavy atom. The van der Waals surface area contributed by atoms with E-state index in [4.69, 9.17) is 24.4 Å². The minimum absolute atomic E-state index is 0.00295. The van der Waals surface area contributed by atoms with Gasteiger partial charge < -0.3 is 34.6 Å². The molecule has 0 aromatic heterocycles. The molecule has 0 aliphatic carbocycles. The Morgan fingerprint density at radius 2 is 1.68 bits per heavy atom. The van der Waals surface area contributed by atoms with Gasteiger partial charge in [0.2, 0.25) is 11.7 Å². The summed E-state index contributed by atoms with van der Waals surface area (Å²) in [6.45, 7) is 16.2. The van der Waals surface area contributed by atoms with Gasteiger partial charge in [-0.1, -0.05) is 46.8 Å². The van der Waals surface area contributed by atoms with E-state index in [0.717, 1.165) is 5.56 Å². The van der Waals surface area contributed by atoms with Crippen molar-refractivity contribution in [3.05, 3.63) is 42.1 Å². The molecule has 1 aromatic carbocycles. The van der Waals surface area contributed by atoms with E-state index in [1.54, 1.807) is 21.3 Å². The van der Waals surface area contributed by atoms with Crippen LogP contribution in [0.15, 0.2) is 36.6 Å². The van der Waals surface area contributed by atoms with Crippen LogP contribution in [0, 0.1) is 5.92 Å². The van der Waals surface area contributed by atoms with Crippen molar-refractivity contribution < 1.29 is 23.4 Å². The molecule has 1 amide bonds. The Balaban J connectivity index is 2.50. The molecule has 2 rings (SSSR count). The molecule has 0 spiro atoms. The SMILES string of the molecule is COc1cc(C2(CN(CCO[Si](C)(C)C(C)(C)C)C(=O)[C@@H](N)C(C)C)C=CC=CN2)cc(OC)c1OC. The van der Waals surface area contributed by atoms with E-state index in [0.29, 0.717) is 36.9 Å². The molecule has 9 heteroatoms. The summed E-state index contributed by atoms with van der Waals surface area (Å²) in [6, 6.07) is 3.21. The summed E-state index contributed by atoms with van der Waals surface area (Å²) in [5, 5.41) is 3.56. The van der Waals surface area contributed by atoms with Crippen LogP contribution in [0.2, 0.25) is 18.1 Å². The molecule has 1 aliphatic heterocycles. The maximum Gasteiger partial charge on any atom is 0.239 e. The molecular formula is C28H47N3O5Si. The van der Waals surface area contributed by atoms with Crippen molar-refractivity contribution in [1.82, 2.24) is 10.2 Å². The molecule has 0 radical (unpaired) electrons. The van der Waals surface area contributed by atoms with E-state index in [1.807, 2.05) is 55.3 Å². The lowest BCUT2D eigenvalue weighted by atomic mass is 9.86. The van der Waals surface area contributed by atoms with Gasteiger partial charge in [-0.2, -0.15) is 0 Å². The average Bonchev–Trinajstić information content (AvgIpc) is 2.85. The van der Waals surface area contributed by atoms with Crippen molar-refractivity contribution in [3.8, 4) is 17.2 Å². The van der Waals surface area contributed by atoms with Gasteiger partial charge in [0.15, 0.2) is 19.8 Å². The zero-order chi connectivity index (χ0) is 28.0. The lowest BCUT2D eigenvalue weighted by Gasteiger charge is -2.41. The van der Waals surface area contributed by atoms with Gasteiger partial charge in [0, 0.05) is 6.54 Å². The summed E-state index contributed by atoms with van der Waals surface area (Å²) < 4.78 is 23.2. The Labute approximate surface area is 224 Å². The van der Waals surface area contributed by atoms with Gasteiger partial charge in [-0.25, -0.2) is 0 Å². The zero-order valence-corrected chi connectivity index (χ0v) is 25.3. The number of nitrogens with one attached hydrogen (secondary N) is 1. The van der Waals surface area contributed by atoms with Crippen molar-refractivity contribution in [2.75, 3.05) is 41.0 Å². The quantitative estimate of drug-likeness (QED) is 0.384. The van der Waals surface area contributed by atoms with Crippen LogP contribution >= 0.6 is 0 Å². The van der Waals surface area contributed by atoms with Crippen molar-refractivity contribution >= 4 is 14.2 Å². The van der Waals surface area contributed by atoms with Gasteiger partial charge in [-0.3, -0.25) is 4.79 Å². The highest BCUT2D eigenvalue weighted by Crippen LogP contribution is 2.42. The number of hydrogen-bond acceptors (Lipinski definition) is 7. The normalized spacial score (nSPS) is 18.4. The third kappa shape index (κ3) is 7.09. The fraction of sp³-hybridized carbons (Fsp3) is 0.607. The van der Waals surface area contributed by atoms with Gasteiger partial charge in [0.05, 0.1) is 46.1 Å². The first-order valence-electron chi connectivity index (χ1n) is 12.8. The maximum absolute atomic E-state index is 13.6. The third-order valence-electron chi connectivity index (χ3n) is 7.49. The molecule has 1 aromatic rings. The number of nitrogens with zero attached hydrogens (tertiary/aromatic N) is 1. The fourth-order valence-corrected chi connectivity index (χ4v) is 4.95. The van der Waals surface area contributed by atoms with E-state index >= 15 is 0 Å². The second-order valence-electron chi connectivity index (χ2n) is 11.4. The number of methoxy groups -OCH3 is 3. The smallest absolute Gasteiger partial charge is 0.239 e. The van der Waals surface area contributed by atoms with Crippen molar-refractivity contribution in [3.63, 3.8) is 0 Å². The molecule has 208 valence electrons. The molecule has 8 nitrogen and oxygen atoms in total. The minimum atomic E-state index is -1.98. The number of benzene rings is 1. The van der Waals surface area contributed by atoms with Crippen molar-refractivity contribution in [2.45, 2.75) is 64.3 Å². The Morgan fingerprint density at radius 3 is 2.11 bits per heavy atom. The first kappa shape index (κ1) is 30.7. The first-order chi connectivity index (χ1) is 17.2. The molecule has 0 saturated carbocycles. The minimum Gasteiger partial charge on any atom is -0.493 e. The largest absolute Gasteiger partial charge is 0.493 e. The van der Waals surface area contributed by atoms with Crippen LogP contribution in [-0.4, -0.2) is 66.2 Å². The molecule has 3 N–H and O–H groups in total. The summed E-state index contributed by atoms with van der Waals surface area (Å²) in [4.78, 5) is 15.5. The molecule has 1 unspecified atom stereocenters. The van der Waals surface area contributed by atoms with E-state index in [2.05, 4.69) is 39.2 Å². The molecule has 2 atom stereocenters. The lowest BCUT2D eigenvalue weighted by molar-refractivity contribution is -0.134. The third-order valence-corrected chi connectivity index (χ3v) is 12.0. The molecule has 0 saturated heterocycles. The van der Waals surface area contributed by atoms with Gasteiger partial charge in [0.1, 0.15) is 0 Å². The van der Waals surface area contributed by atoms with Gasteiger partial charge >= 0.3 is 0 Å². The van der Waals surface area contributed by atoms with Crippen LogP contribution in [0.5, 0.6) is 17.2 Å². The molecule has 0 fully saturated rings. The predicted octanol–water partition coefficient (Wildman–Crippen LogP) is 4.41. The summed E-state index contributed by atoms with van der Waals surface area (Å²) in [5.74, 6) is 1.49. The molecule has 1 heterocycles. The summed E-state index contributed by atoms with van der Waals surface area (Å²) >= 11 is 0. The molecule has 37 heavy (non-hydrogen) atoms. The van der Waals surface area contributed by atoms with Crippen LogP contribution in [0.25, 0.3) is 0 Å². The van der Waals surface area contributed by atoms with Crippen LogP contribution in [0.4, 0.5) is 0 Å². The van der Waals surface area contributed by atoms with E-state index < -0.39 is 19.9 Å². The monoisotopic (exact) mass is 533 g/mol. The Kier molecular flexibility index (Phi) is 10.3. The summed E-state index contributed by atoms with van der Waals surface area (Å²) in [7, 11) is 2.78. The number of carbonyl (C=O) groups excluding carboxylic acids is 1. The summed E-state index contributed by atoms with van der Waals surface area (Å²) in [5.41, 5.74) is 6.49. The van der Waals surface area contributed by atoms with Crippen LogP contribution in [-0.2, 0) is 14.8 Å². The first-order valence-corrected chi connectivity index (χ1v) is 15.7. The number of nitrogens with two attached hydrogens (primary N) is 1. The number of ether oxygens (including phenoxy) is 3. The highest BCUT2D eigenvalue weighted by atomic mass is 28.4. The van der Waals surface area contributed by atoms with Crippen molar-refractivity contribution in [1.29, 1.82) is 0 Å². The number of hydrogen-bond donors (Lipinski definition) is 2. The zero-order valence-electron chi connectivity index (χ0n) is 24.3. The van der Waals surface area contributed by atoms with E-state index in [1.165, 1.54) is 0 Å². The summed E-state index contributed by atoms with van der Waals surface area (Å²) in [6.07, 6.45) is 7.81. The number of allylic oxidation sites excluding steroid dienone is 2. The highest BCUT2D eigenvalue weighted by molar-refractivity contribution is 6.74. The lowest BCUT2D eigenvalue weighted by Crippen LogP contribution is -2.55. The van der Waals surface area contributed by atoms with Crippen LogP contribution in [0.3, 0.4) is 0 Å². The Hall–Kier alpha value is -2.49. The average molecular weight is 534 g/mol. The molecular weight excluding hydrogens is 486 g/mol. The van der Waals surface area contributed by atoms with Gasteiger partial charge in [-0.15, -0.1) is 0 Å². The number of carbonyl (C=O) groups is 1. The maximum atomic E-state index is 13.6. The van der Waals surface area contributed by atoms with E-state index in [-0.39, 0.29) is 16.9 Å². The van der Waals surface area contributed by atoms with Crippen LogP contribution < -0.4 is 25.3 Å². The van der Waals surface area contributed by atoms with Gasteiger partial charge in [0.25, 0.3) is 0 Å². The Bertz CT molecular complexity index is 962. The van der Waals surface area contributed by atoms with Crippen LogP contribution in [0.1, 0.15) is 40.2 Å². The number of amides is 1. The predicted molar refractivity (Wildman–Crippen MR) is 152 cm³/mol. The standard InChI is InChI=1S/C28H47N3O5Si/c1-20(2)24(29)26(32)31(15-16-36-37(9,10)27(3,4)5)19-28(13-11-12-14-30-28)21-17-22(33-6)25(35-8)23(18-21)34-7/h11-14,17-18,20,24,30H,15-16,19,29H2,1-10H3/t24-,28?/m0/s1. The van der Waals surface area contributed by atoms with E-state index in [9.17, 15) is 4.79 Å². The molecule has 1 aliphatic rings. The molecule has 0 bridgehead atoms. The number of dihydropyridines is 1. The fourth-order valence-electron chi connectivity index (χ4n) is 3.92. The van der Waals surface area contributed by atoms with Crippen molar-refractivity contribution in [2.24, 2.45) is 11.7 Å². The second-order valence-corrected chi connectivity index (χ2v) is 16.2.